The molecule has 1 aromatic rings. The van der Waals surface area contributed by atoms with E-state index >= 15 is 0 Å². The van der Waals surface area contributed by atoms with Crippen LogP contribution in [0.2, 0.25) is 0 Å². The minimum Gasteiger partial charge on any atom is -0.462 e. The van der Waals surface area contributed by atoms with Gasteiger partial charge in [0.05, 0.1) is 6.61 Å². The number of esters is 2. The first-order valence-electron chi connectivity index (χ1n) is 5.82. The van der Waals surface area contributed by atoms with Crippen molar-refractivity contribution in [3.8, 4) is 0 Å². The van der Waals surface area contributed by atoms with E-state index in [9.17, 15) is 9.59 Å². The second kappa shape index (κ2) is 7.87. The number of hydrogen-bond acceptors (Lipinski definition) is 4. The Kier molecular flexibility index (Phi) is 6.09. The van der Waals surface area contributed by atoms with Gasteiger partial charge in [-0.2, -0.15) is 0 Å². The van der Waals surface area contributed by atoms with Gasteiger partial charge in [-0.25, -0.2) is 9.59 Å². The third kappa shape index (κ3) is 5.68. The lowest BCUT2D eigenvalue weighted by Gasteiger charge is -2.05. The molecule has 0 saturated heterocycles. The molecule has 0 saturated carbocycles. The molecule has 4 nitrogen and oxygen atoms in total. The molecular weight excluding hydrogens is 244 g/mol. The van der Waals surface area contributed by atoms with Crippen LogP contribution in [0.4, 0.5) is 0 Å². The van der Waals surface area contributed by atoms with Gasteiger partial charge in [-0.3, -0.25) is 0 Å². The van der Waals surface area contributed by atoms with E-state index < -0.39 is 11.9 Å². The van der Waals surface area contributed by atoms with E-state index in [0.29, 0.717) is 13.0 Å². The Morgan fingerprint density at radius 3 is 2.05 bits per heavy atom. The number of ether oxygens (including phenoxy) is 2. The Labute approximate surface area is 112 Å². The Morgan fingerprint density at radius 1 is 0.947 bits per heavy atom. The van der Waals surface area contributed by atoms with Crippen molar-refractivity contribution in [1.29, 1.82) is 0 Å². The number of benzene rings is 1. The molecule has 0 aliphatic heterocycles. The average molecular weight is 260 g/mol. The standard InChI is InChI=1S/C15H16O4/c1-3-14(16)18-10-9-12-5-7-13(8-6-12)11-19-15(17)4-2/h3-8H,1-2,9-11H2. The summed E-state index contributed by atoms with van der Waals surface area (Å²) in [6.45, 7) is 7.17. The molecule has 1 aromatic carbocycles. The first-order chi connectivity index (χ1) is 9.15. The molecule has 0 aromatic heterocycles. The van der Waals surface area contributed by atoms with Gasteiger partial charge in [0.25, 0.3) is 0 Å². The molecule has 0 unspecified atom stereocenters. The summed E-state index contributed by atoms with van der Waals surface area (Å²) in [4.78, 5) is 21.7. The van der Waals surface area contributed by atoms with Crippen molar-refractivity contribution < 1.29 is 19.1 Å². The van der Waals surface area contributed by atoms with Crippen LogP contribution in [0.1, 0.15) is 11.1 Å². The highest BCUT2D eigenvalue weighted by Gasteiger charge is 2.00. The fourth-order valence-electron chi connectivity index (χ4n) is 1.34. The van der Waals surface area contributed by atoms with Crippen molar-refractivity contribution >= 4 is 11.9 Å². The number of hydrogen-bond donors (Lipinski definition) is 0. The Balaban J connectivity index is 2.38. The summed E-state index contributed by atoms with van der Waals surface area (Å²) < 4.78 is 9.79. The van der Waals surface area contributed by atoms with Gasteiger partial charge < -0.3 is 9.47 Å². The molecule has 0 amide bonds. The minimum atomic E-state index is -0.444. The van der Waals surface area contributed by atoms with Gasteiger partial charge in [0, 0.05) is 18.6 Å². The van der Waals surface area contributed by atoms with Crippen LogP contribution >= 0.6 is 0 Å². The maximum atomic E-state index is 10.9. The zero-order valence-electron chi connectivity index (χ0n) is 10.6. The largest absolute Gasteiger partial charge is 0.462 e. The smallest absolute Gasteiger partial charge is 0.330 e. The molecular formula is C15H16O4. The highest BCUT2D eigenvalue weighted by atomic mass is 16.5. The Bertz CT molecular complexity index is 460. The SMILES string of the molecule is C=CC(=O)OCCc1ccc(COC(=O)C=C)cc1. The van der Waals surface area contributed by atoms with E-state index in [2.05, 4.69) is 13.2 Å². The summed E-state index contributed by atoms with van der Waals surface area (Å²) in [6, 6.07) is 7.53. The summed E-state index contributed by atoms with van der Waals surface area (Å²) in [5.41, 5.74) is 1.93. The number of carbonyl (C=O) groups excluding carboxylic acids is 2. The maximum Gasteiger partial charge on any atom is 0.330 e. The zero-order valence-corrected chi connectivity index (χ0v) is 10.6. The van der Waals surface area contributed by atoms with E-state index in [1.165, 1.54) is 0 Å². The summed E-state index contributed by atoms with van der Waals surface area (Å²) in [6.07, 6.45) is 2.89. The molecule has 19 heavy (non-hydrogen) atoms. The van der Waals surface area contributed by atoms with Crippen LogP contribution in [0.25, 0.3) is 0 Å². The monoisotopic (exact) mass is 260 g/mol. The molecule has 0 atom stereocenters. The molecule has 0 spiro atoms. The molecule has 0 heterocycles. The first kappa shape index (κ1) is 14.7. The lowest BCUT2D eigenvalue weighted by Crippen LogP contribution is -2.04. The third-order valence-corrected chi connectivity index (χ3v) is 2.37. The van der Waals surface area contributed by atoms with Gasteiger partial charge in [0.2, 0.25) is 0 Å². The molecule has 0 fully saturated rings. The van der Waals surface area contributed by atoms with E-state index in [1.54, 1.807) is 0 Å². The quantitative estimate of drug-likeness (QED) is 0.557. The fourth-order valence-corrected chi connectivity index (χ4v) is 1.34. The Morgan fingerprint density at radius 2 is 1.47 bits per heavy atom. The molecule has 0 aliphatic rings. The molecule has 4 heteroatoms. The van der Waals surface area contributed by atoms with Crippen molar-refractivity contribution in [3.05, 3.63) is 60.7 Å². The van der Waals surface area contributed by atoms with Crippen LogP contribution in [-0.4, -0.2) is 18.5 Å². The van der Waals surface area contributed by atoms with Crippen molar-refractivity contribution in [3.63, 3.8) is 0 Å². The fraction of sp³-hybridized carbons (Fsp3) is 0.200. The summed E-state index contributed by atoms with van der Waals surface area (Å²) in [5.74, 6) is -0.867. The molecule has 0 N–H and O–H groups in total. The highest BCUT2D eigenvalue weighted by molar-refractivity contribution is 5.81. The van der Waals surface area contributed by atoms with Crippen LogP contribution < -0.4 is 0 Å². The predicted octanol–water partition coefficient (Wildman–Crippen LogP) is 2.19. The highest BCUT2D eigenvalue weighted by Crippen LogP contribution is 2.07. The number of carbonyl (C=O) groups is 2. The van der Waals surface area contributed by atoms with Gasteiger partial charge >= 0.3 is 11.9 Å². The van der Waals surface area contributed by atoms with Crippen molar-refractivity contribution in [2.75, 3.05) is 6.61 Å². The van der Waals surface area contributed by atoms with Crippen LogP contribution in [-0.2, 0) is 32.1 Å². The van der Waals surface area contributed by atoms with Crippen LogP contribution in [0.3, 0.4) is 0 Å². The van der Waals surface area contributed by atoms with Crippen molar-refractivity contribution in [2.24, 2.45) is 0 Å². The van der Waals surface area contributed by atoms with Gasteiger partial charge in [-0.15, -0.1) is 0 Å². The van der Waals surface area contributed by atoms with Gasteiger partial charge in [0.15, 0.2) is 0 Å². The maximum absolute atomic E-state index is 10.9. The molecule has 100 valence electrons. The Hall–Kier alpha value is -2.36. The number of rotatable bonds is 7. The lowest BCUT2D eigenvalue weighted by atomic mass is 10.1. The second-order valence-corrected chi connectivity index (χ2v) is 3.75. The summed E-state index contributed by atoms with van der Waals surface area (Å²) in [5, 5.41) is 0. The second-order valence-electron chi connectivity index (χ2n) is 3.75. The lowest BCUT2D eigenvalue weighted by molar-refractivity contribution is -0.139. The van der Waals surface area contributed by atoms with Crippen LogP contribution in [0.15, 0.2) is 49.6 Å². The predicted molar refractivity (Wildman–Crippen MR) is 71.3 cm³/mol. The molecule has 1 rings (SSSR count). The van der Waals surface area contributed by atoms with Crippen LogP contribution in [0, 0.1) is 0 Å². The van der Waals surface area contributed by atoms with Gasteiger partial charge in [0.1, 0.15) is 6.61 Å². The van der Waals surface area contributed by atoms with E-state index in [-0.39, 0.29) is 6.61 Å². The average Bonchev–Trinajstić information content (AvgIpc) is 2.45. The van der Waals surface area contributed by atoms with Gasteiger partial charge in [-0.05, 0) is 11.1 Å². The summed E-state index contributed by atoms with van der Waals surface area (Å²) in [7, 11) is 0. The van der Waals surface area contributed by atoms with Crippen molar-refractivity contribution in [1.82, 2.24) is 0 Å². The van der Waals surface area contributed by atoms with E-state index in [4.69, 9.17) is 9.47 Å². The molecule has 0 aliphatic carbocycles. The first-order valence-corrected chi connectivity index (χ1v) is 5.82. The normalized spacial score (nSPS) is 9.47. The molecule has 0 radical (unpaired) electrons. The van der Waals surface area contributed by atoms with E-state index in [0.717, 1.165) is 23.3 Å². The minimum absolute atomic E-state index is 0.219. The van der Waals surface area contributed by atoms with E-state index in [1.807, 2.05) is 24.3 Å². The zero-order chi connectivity index (χ0) is 14.1. The summed E-state index contributed by atoms with van der Waals surface area (Å²) >= 11 is 0. The van der Waals surface area contributed by atoms with Crippen molar-refractivity contribution in [2.45, 2.75) is 13.0 Å². The molecule has 0 bridgehead atoms. The van der Waals surface area contributed by atoms with Gasteiger partial charge in [-0.1, -0.05) is 37.4 Å². The topological polar surface area (TPSA) is 52.6 Å². The third-order valence-electron chi connectivity index (χ3n) is 2.37. The van der Waals surface area contributed by atoms with Crippen LogP contribution in [0.5, 0.6) is 0 Å².